The van der Waals surface area contributed by atoms with E-state index in [1.807, 2.05) is 20.8 Å². The third-order valence-corrected chi connectivity index (χ3v) is 11.9. The van der Waals surface area contributed by atoms with Crippen LogP contribution >= 0.6 is 0 Å². The Kier molecular flexibility index (Phi) is 4.10. The lowest BCUT2D eigenvalue weighted by Gasteiger charge is -2.68. The van der Waals surface area contributed by atoms with E-state index in [0.717, 1.165) is 5.57 Å². The molecule has 0 aromatic heterocycles. The van der Waals surface area contributed by atoms with Crippen LogP contribution in [0, 0.1) is 45.8 Å². The van der Waals surface area contributed by atoms with Gasteiger partial charge in [0.05, 0.1) is 18.1 Å². The van der Waals surface area contributed by atoms with Gasteiger partial charge in [0.2, 0.25) is 0 Å². The molecular weight excluding hydrogens is 450 g/mol. The van der Waals surface area contributed by atoms with Gasteiger partial charge in [-0.3, -0.25) is 14.5 Å². The van der Waals surface area contributed by atoms with Crippen molar-refractivity contribution in [2.24, 2.45) is 45.8 Å². The maximum atomic E-state index is 13.1. The molecule has 8 nitrogen and oxygen atoms in total. The SMILES string of the molecule is C=C1C[C@@]23C[C@]4(O)[C@H]5[C@@]6(C)CN4[C@H]4[C@@H]2[C@@H](O)[C@@H]1[C@@H](OC(=O)[C@H](C)CC)[C@@H]3[C@]45C[C@H](O)[C@@H]6OC(C)=O. The second-order valence-corrected chi connectivity index (χ2v) is 13.3. The molecule has 35 heavy (non-hydrogen) atoms. The molecule has 3 saturated heterocycles. The summed E-state index contributed by atoms with van der Waals surface area (Å²) < 4.78 is 12.0. The quantitative estimate of drug-likeness (QED) is 0.401. The second-order valence-electron chi connectivity index (χ2n) is 13.3. The second kappa shape index (κ2) is 6.32. The molecule has 0 amide bonds. The zero-order valence-electron chi connectivity index (χ0n) is 20.9. The molecule has 0 aromatic rings. The summed E-state index contributed by atoms with van der Waals surface area (Å²) in [6, 6.07) is -0.102. The van der Waals surface area contributed by atoms with Crippen LogP contribution in [0.3, 0.4) is 0 Å². The van der Waals surface area contributed by atoms with Crippen molar-refractivity contribution >= 4 is 11.9 Å². The first-order valence-corrected chi connectivity index (χ1v) is 13.3. The van der Waals surface area contributed by atoms with E-state index in [1.54, 1.807) is 0 Å². The van der Waals surface area contributed by atoms with Crippen LogP contribution in [0.25, 0.3) is 0 Å². The van der Waals surface area contributed by atoms with Crippen molar-refractivity contribution in [3.63, 3.8) is 0 Å². The first-order chi connectivity index (χ1) is 16.4. The number of carbonyl (C=O) groups is 2. The Bertz CT molecular complexity index is 1060. The molecule has 3 N–H and O–H groups in total. The normalized spacial score (nSPS) is 60.7. The topological polar surface area (TPSA) is 117 Å². The number of hydrogen-bond donors (Lipinski definition) is 3. The first-order valence-electron chi connectivity index (χ1n) is 13.3. The van der Waals surface area contributed by atoms with Gasteiger partial charge in [-0.15, -0.1) is 0 Å². The van der Waals surface area contributed by atoms with Gasteiger partial charge in [0, 0.05) is 54.0 Å². The van der Waals surface area contributed by atoms with E-state index in [2.05, 4.69) is 11.5 Å². The van der Waals surface area contributed by atoms with Crippen molar-refractivity contribution in [2.75, 3.05) is 6.54 Å². The largest absolute Gasteiger partial charge is 0.461 e. The van der Waals surface area contributed by atoms with Crippen molar-refractivity contribution in [3.05, 3.63) is 12.2 Å². The molecule has 15 atom stereocenters. The van der Waals surface area contributed by atoms with E-state index in [-0.39, 0.29) is 41.6 Å². The smallest absolute Gasteiger partial charge is 0.308 e. The molecule has 6 aliphatic carbocycles. The molecule has 9 aliphatic rings. The van der Waals surface area contributed by atoms with Crippen molar-refractivity contribution in [3.8, 4) is 0 Å². The van der Waals surface area contributed by atoms with Gasteiger partial charge in [-0.25, -0.2) is 0 Å². The Hall–Kier alpha value is -1.48. The van der Waals surface area contributed by atoms with E-state index in [4.69, 9.17) is 9.47 Å². The molecular formula is C27H37NO7. The fourth-order valence-corrected chi connectivity index (χ4v) is 11.6. The fourth-order valence-electron chi connectivity index (χ4n) is 11.6. The van der Waals surface area contributed by atoms with Crippen molar-refractivity contribution in [2.45, 2.75) is 89.6 Å². The van der Waals surface area contributed by atoms with Gasteiger partial charge in [-0.1, -0.05) is 32.9 Å². The highest BCUT2D eigenvalue weighted by Crippen LogP contribution is 2.89. The van der Waals surface area contributed by atoms with E-state index in [1.165, 1.54) is 6.92 Å². The lowest BCUT2D eigenvalue weighted by molar-refractivity contribution is -0.283. The molecule has 0 radical (unpaired) electrons. The van der Waals surface area contributed by atoms with Gasteiger partial charge in [0.1, 0.15) is 17.9 Å². The minimum absolute atomic E-state index is 0.0612. The summed E-state index contributed by atoms with van der Waals surface area (Å²) in [5.41, 5.74) is -1.77. The summed E-state index contributed by atoms with van der Waals surface area (Å²) in [5, 5.41) is 35.6. The number of hydrogen-bond acceptors (Lipinski definition) is 8. The highest BCUT2D eigenvalue weighted by atomic mass is 16.6. The average molecular weight is 488 g/mol. The molecule has 9 rings (SSSR count). The van der Waals surface area contributed by atoms with Gasteiger partial charge in [-0.2, -0.15) is 0 Å². The van der Waals surface area contributed by atoms with Crippen molar-refractivity contribution < 1.29 is 34.4 Å². The summed E-state index contributed by atoms with van der Waals surface area (Å²) in [7, 11) is 0. The number of piperidine rings is 2. The number of fused-ring (bicyclic) bond motifs is 1. The van der Waals surface area contributed by atoms with Crippen LogP contribution in [0.2, 0.25) is 0 Å². The highest BCUT2D eigenvalue weighted by Gasteiger charge is 2.95. The van der Waals surface area contributed by atoms with E-state index >= 15 is 0 Å². The molecule has 2 spiro atoms. The van der Waals surface area contributed by atoms with Crippen LogP contribution < -0.4 is 0 Å². The van der Waals surface area contributed by atoms with Crippen LogP contribution in [0.15, 0.2) is 12.2 Å². The zero-order chi connectivity index (χ0) is 25.0. The van der Waals surface area contributed by atoms with Gasteiger partial charge in [0.25, 0.3) is 0 Å². The van der Waals surface area contributed by atoms with E-state index in [0.29, 0.717) is 32.2 Å². The predicted octanol–water partition coefficient (Wildman–Crippen LogP) is 1.22. The van der Waals surface area contributed by atoms with Crippen LogP contribution in [-0.4, -0.2) is 74.9 Å². The van der Waals surface area contributed by atoms with Gasteiger partial charge >= 0.3 is 11.9 Å². The number of aliphatic hydroxyl groups is 3. The summed E-state index contributed by atoms with van der Waals surface area (Å²) >= 11 is 0. The average Bonchev–Trinajstić information content (AvgIpc) is 3.14. The molecule has 0 aromatic carbocycles. The van der Waals surface area contributed by atoms with E-state index < -0.39 is 52.4 Å². The standard InChI is InChI=1S/C27H37NO7/c1-6-11(2)22(32)35-18-15-12(3)7-25-9-27(33)23-24(5)10-28(27)20(16(25)17(15)31)26(23,19(18)25)8-14(30)21(24)34-13(4)29/h11,14-21,23,30-31,33H,3,6-10H2,1-2,4-5H3/t11-,14+,15-,16+,17+,18-,19+,20+,21+,23+,24+,25-,26-,27+/m1/s1. The summed E-state index contributed by atoms with van der Waals surface area (Å²) in [4.78, 5) is 27.3. The highest BCUT2D eigenvalue weighted by molar-refractivity contribution is 5.72. The third-order valence-electron chi connectivity index (χ3n) is 11.9. The summed E-state index contributed by atoms with van der Waals surface area (Å²) in [6.07, 6.45) is -0.595. The fraction of sp³-hybridized carbons (Fsp3) is 0.852. The lowest BCUT2D eigenvalue weighted by Crippen LogP contribution is -2.72. The first kappa shape index (κ1) is 22.7. The number of esters is 2. The number of ether oxygens (including phenoxy) is 2. The Balaban J connectivity index is 1.41. The monoisotopic (exact) mass is 487 g/mol. The van der Waals surface area contributed by atoms with Crippen molar-refractivity contribution in [1.82, 2.24) is 4.90 Å². The molecule has 192 valence electrons. The summed E-state index contributed by atoms with van der Waals surface area (Å²) in [6.45, 7) is 12.0. The summed E-state index contributed by atoms with van der Waals surface area (Å²) in [5.74, 6) is -1.66. The number of carbonyl (C=O) groups excluding carboxylic acids is 2. The predicted molar refractivity (Wildman–Crippen MR) is 122 cm³/mol. The van der Waals surface area contributed by atoms with Crippen LogP contribution in [-0.2, 0) is 19.1 Å². The number of nitrogens with zero attached hydrogens (tertiary/aromatic N) is 1. The lowest BCUT2D eigenvalue weighted by atomic mass is 9.38. The minimum Gasteiger partial charge on any atom is -0.461 e. The Morgan fingerprint density at radius 3 is 2.66 bits per heavy atom. The molecule has 1 unspecified atom stereocenters. The molecule has 9 bridgehead atoms. The zero-order valence-corrected chi connectivity index (χ0v) is 20.9. The van der Waals surface area contributed by atoms with Crippen LogP contribution in [0.4, 0.5) is 0 Å². The van der Waals surface area contributed by atoms with Gasteiger partial charge in [-0.05, 0) is 31.1 Å². The molecule has 9 fully saturated rings. The maximum absolute atomic E-state index is 13.1. The van der Waals surface area contributed by atoms with Crippen LogP contribution in [0.1, 0.15) is 53.4 Å². The molecule has 3 aliphatic heterocycles. The van der Waals surface area contributed by atoms with Crippen LogP contribution in [0.5, 0.6) is 0 Å². The molecule has 3 heterocycles. The molecule has 8 heteroatoms. The Labute approximate surface area is 205 Å². The van der Waals surface area contributed by atoms with E-state index in [9.17, 15) is 24.9 Å². The Morgan fingerprint density at radius 1 is 1.29 bits per heavy atom. The van der Waals surface area contributed by atoms with Gasteiger partial charge in [0.15, 0.2) is 0 Å². The minimum atomic E-state index is -1.10. The van der Waals surface area contributed by atoms with Gasteiger partial charge < -0.3 is 24.8 Å². The van der Waals surface area contributed by atoms with Crippen molar-refractivity contribution in [1.29, 1.82) is 0 Å². The maximum Gasteiger partial charge on any atom is 0.308 e. The third kappa shape index (κ3) is 2.12. The molecule has 6 saturated carbocycles. The Morgan fingerprint density at radius 2 is 2.00 bits per heavy atom. The number of rotatable bonds is 4. The number of aliphatic hydroxyl groups excluding tert-OH is 2.